The highest BCUT2D eigenvalue weighted by Crippen LogP contribution is 2.76. The van der Waals surface area contributed by atoms with E-state index in [1.165, 1.54) is 24.8 Å². The minimum Gasteiger partial charge on any atom is -0.300 e. The van der Waals surface area contributed by atoms with Gasteiger partial charge in [0.15, 0.2) is 0 Å². The molecule has 0 aromatic heterocycles. The Labute approximate surface area is 98.3 Å². The lowest BCUT2D eigenvalue weighted by molar-refractivity contribution is -0.119. The number of carbonyl (C=O) groups is 1. The minimum atomic E-state index is 0.201. The maximum Gasteiger partial charge on any atom is 0.134 e. The number of allylic oxidation sites excluding steroid dienone is 1. The number of hydrogen-bond acceptors (Lipinski definition) is 1. The van der Waals surface area contributed by atoms with Crippen LogP contribution in [0, 0.1) is 22.2 Å². The predicted molar refractivity (Wildman–Crippen MR) is 65.0 cm³/mol. The summed E-state index contributed by atoms with van der Waals surface area (Å²) in [7, 11) is 0. The highest BCUT2D eigenvalue weighted by molar-refractivity contribution is 5.83. The Bertz CT molecular complexity index is 396. The normalized spacial score (nSPS) is 55.6. The van der Waals surface area contributed by atoms with Crippen LogP contribution in [0.1, 0.15) is 52.9 Å². The fraction of sp³-hybridized carbons (Fsp3) is 0.800. The lowest BCUT2D eigenvalue weighted by atomic mass is 9.59. The van der Waals surface area contributed by atoms with Crippen LogP contribution in [-0.2, 0) is 4.79 Å². The summed E-state index contributed by atoms with van der Waals surface area (Å²) in [4.78, 5) is 11.9. The van der Waals surface area contributed by atoms with Crippen LogP contribution in [-0.4, -0.2) is 5.78 Å². The number of hydrogen-bond donors (Lipinski definition) is 0. The Kier molecular flexibility index (Phi) is 1.73. The van der Waals surface area contributed by atoms with Gasteiger partial charge in [-0.25, -0.2) is 0 Å². The van der Waals surface area contributed by atoms with E-state index < -0.39 is 0 Å². The van der Waals surface area contributed by atoms with E-state index in [1.807, 2.05) is 0 Å². The Morgan fingerprint density at radius 1 is 1.25 bits per heavy atom. The van der Waals surface area contributed by atoms with E-state index in [0.29, 0.717) is 17.1 Å². The zero-order valence-electron chi connectivity index (χ0n) is 10.7. The molecule has 3 aliphatic rings. The number of rotatable bonds is 0. The smallest absolute Gasteiger partial charge is 0.134 e. The molecule has 88 valence electrons. The summed E-state index contributed by atoms with van der Waals surface area (Å²) in [5.41, 5.74) is 2.21. The number of Topliss-reactive ketones (excluding diaryl/α,β-unsaturated/α-hetero) is 1. The van der Waals surface area contributed by atoms with Gasteiger partial charge in [0, 0.05) is 12.8 Å². The van der Waals surface area contributed by atoms with Crippen LogP contribution in [0.5, 0.6) is 0 Å². The van der Waals surface area contributed by atoms with Gasteiger partial charge in [0.2, 0.25) is 0 Å². The molecular formula is C15H22O. The van der Waals surface area contributed by atoms with E-state index >= 15 is 0 Å². The van der Waals surface area contributed by atoms with Gasteiger partial charge in [0.05, 0.1) is 0 Å². The molecule has 16 heavy (non-hydrogen) atoms. The number of carbonyl (C=O) groups excluding carboxylic acids is 1. The first kappa shape index (κ1) is 10.6. The molecular weight excluding hydrogens is 196 g/mol. The monoisotopic (exact) mass is 218 g/mol. The second-order valence-electron chi connectivity index (χ2n) is 7.12. The van der Waals surface area contributed by atoms with Gasteiger partial charge in [-0.15, -0.1) is 0 Å². The highest BCUT2D eigenvalue weighted by atomic mass is 16.1. The first-order valence-corrected chi connectivity index (χ1v) is 6.52. The molecule has 0 heterocycles. The van der Waals surface area contributed by atoms with Gasteiger partial charge in [0.25, 0.3) is 0 Å². The van der Waals surface area contributed by atoms with Gasteiger partial charge in [-0.2, -0.15) is 0 Å². The molecule has 2 bridgehead atoms. The van der Waals surface area contributed by atoms with Crippen molar-refractivity contribution >= 4 is 5.78 Å². The Hall–Kier alpha value is -0.590. The van der Waals surface area contributed by atoms with Crippen molar-refractivity contribution < 1.29 is 4.79 Å². The zero-order valence-corrected chi connectivity index (χ0v) is 10.7. The largest absolute Gasteiger partial charge is 0.300 e. The molecule has 0 radical (unpaired) electrons. The predicted octanol–water partition coefficient (Wildman–Crippen LogP) is 3.74. The summed E-state index contributed by atoms with van der Waals surface area (Å²) in [5.74, 6) is 1.08. The molecule has 3 rings (SSSR count). The number of fused-ring (bicyclic) bond motifs is 5. The van der Waals surface area contributed by atoms with Crippen LogP contribution in [0.2, 0.25) is 0 Å². The molecule has 3 fully saturated rings. The molecule has 3 aliphatic carbocycles. The summed E-state index contributed by atoms with van der Waals surface area (Å²) >= 11 is 0. The maximum atomic E-state index is 11.9. The lowest BCUT2D eigenvalue weighted by Crippen LogP contribution is -2.38. The van der Waals surface area contributed by atoms with E-state index in [2.05, 4.69) is 27.4 Å². The molecule has 0 unspecified atom stereocenters. The van der Waals surface area contributed by atoms with Crippen LogP contribution < -0.4 is 0 Å². The van der Waals surface area contributed by atoms with Crippen molar-refractivity contribution in [2.24, 2.45) is 22.2 Å². The van der Waals surface area contributed by atoms with Crippen molar-refractivity contribution in [3.05, 3.63) is 12.2 Å². The summed E-state index contributed by atoms with van der Waals surface area (Å²) in [6, 6.07) is 0. The molecule has 0 aromatic carbocycles. The first-order valence-electron chi connectivity index (χ1n) is 6.52. The highest BCUT2D eigenvalue weighted by Gasteiger charge is 2.70. The SMILES string of the molecule is C=C1CC[C@]2(C)C[C@H]1[C@]1(C)CC(=O)C[C@]21C. The summed E-state index contributed by atoms with van der Waals surface area (Å²) in [6.45, 7) is 11.4. The lowest BCUT2D eigenvalue weighted by Gasteiger charge is -2.44. The Balaban J connectivity index is 2.18. The third-order valence-corrected chi connectivity index (χ3v) is 6.62. The maximum absolute atomic E-state index is 11.9. The fourth-order valence-electron chi connectivity index (χ4n) is 5.16. The van der Waals surface area contributed by atoms with Crippen LogP contribution >= 0.6 is 0 Å². The third kappa shape index (κ3) is 0.881. The van der Waals surface area contributed by atoms with Crippen LogP contribution in [0.15, 0.2) is 12.2 Å². The van der Waals surface area contributed by atoms with Gasteiger partial charge in [0.1, 0.15) is 5.78 Å². The van der Waals surface area contributed by atoms with Gasteiger partial charge in [-0.3, -0.25) is 4.79 Å². The second-order valence-corrected chi connectivity index (χ2v) is 7.12. The van der Waals surface area contributed by atoms with Crippen molar-refractivity contribution in [1.29, 1.82) is 0 Å². The summed E-state index contributed by atoms with van der Waals surface area (Å²) < 4.78 is 0. The molecule has 3 saturated carbocycles. The molecule has 0 aromatic rings. The van der Waals surface area contributed by atoms with Gasteiger partial charge >= 0.3 is 0 Å². The Morgan fingerprint density at radius 2 is 1.94 bits per heavy atom. The molecule has 0 saturated heterocycles. The van der Waals surface area contributed by atoms with Crippen LogP contribution in [0.4, 0.5) is 0 Å². The minimum absolute atomic E-state index is 0.201. The van der Waals surface area contributed by atoms with E-state index in [0.717, 1.165) is 12.8 Å². The molecule has 0 spiro atoms. The average molecular weight is 218 g/mol. The molecule has 0 amide bonds. The van der Waals surface area contributed by atoms with Crippen molar-refractivity contribution in [3.8, 4) is 0 Å². The zero-order chi connectivity index (χ0) is 11.8. The van der Waals surface area contributed by atoms with Crippen molar-refractivity contribution in [1.82, 2.24) is 0 Å². The van der Waals surface area contributed by atoms with E-state index in [1.54, 1.807) is 0 Å². The van der Waals surface area contributed by atoms with Crippen molar-refractivity contribution in [2.75, 3.05) is 0 Å². The van der Waals surface area contributed by atoms with E-state index in [9.17, 15) is 4.79 Å². The summed E-state index contributed by atoms with van der Waals surface area (Å²) in [5, 5.41) is 0. The fourth-order valence-corrected chi connectivity index (χ4v) is 5.16. The number of ketones is 1. The van der Waals surface area contributed by atoms with Crippen LogP contribution in [0.3, 0.4) is 0 Å². The first-order chi connectivity index (χ1) is 7.32. The molecule has 4 atom stereocenters. The van der Waals surface area contributed by atoms with Gasteiger partial charge in [-0.05, 0) is 41.4 Å². The molecule has 0 aliphatic heterocycles. The molecule has 1 heteroatoms. The standard InChI is InChI=1S/C15H22O/c1-10-5-6-13(2)9-12(10)14(3)7-11(16)8-15(13,14)4/h12H,1,5-9H2,2-4H3/t12-,13-,14+,15-/m1/s1. The van der Waals surface area contributed by atoms with E-state index in [-0.39, 0.29) is 10.8 Å². The topological polar surface area (TPSA) is 17.1 Å². The van der Waals surface area contributed by atoms with E-state index in [4.69, 9.17) is 0 Å². The second kappa shape index (κ2) is 2.63. The van der Waals surface area contributed by atoms with Crippen molar-refractivity contribution in [3.63, 3.8) is 0 Å². The third-order valence-electron chi connectivity index (χ3n) is 6.62. The molecule has 1 nitrogen and oxygen atoms in total. The van der Waals surface area contributed by atoms with Crippen molar-refractivity contribution in [2.45, 2.75) is 52.9 Å². The average Bonchev–Trinajstić information content (AvgIpc) is 2.49. The van der Waals surface area contributed by atoms with Crippen LogP contribution in [0.25, 0.3) is 0 Å². The quantitative estimate of drug-likeness (QED) is 0.566. The summed E-state index contributed by atoms with van der Waals surface area (Å²) in [6.07, 6.45) is 5.29. The van der Waals surface area contributed by atoms with Gasteiger partial charge < -0.3 is 0 Å². The molecule has 0 N–H and O–H groups in total. The Morgan fingerprint density at radius 3 is 2.62 bits per heavy atom. The van der Waals surface area contributed by atoms with Gasteiger partial charge in [-0.1, -0.05) is 32.9 Å².